The zero-order chi connectivity index (χ0) is 17.3. The highest BCUT2D eigenvalue weighted by molar-refractivity contribution is 6.30. The van der Waals surface area contributed by atoms with Crippen LogP contribution in [0.4, 0.5) is 5.82 Å². The van der Waals surface area contributed by atoms with E-state index in [1.807, 2.05) is 19.1 Å². The Balaban J connectivity index is 1.66. The van der Waals surface area contributed by atoms with E-state index < -0.39 is 0 Å². The van der Waals surface area contributed by atoms with Gasteiger partial charge in [0.15, 0.2) is 0 Å². The standard InChI is InChI=1S/C18H19ClN4O2/c1-12-15-16(21-11-22-17(15)25-23-12)20-10-18(5-7-24-8-6-18)13-3-2-4-14(19)9-13/h2-4,9,11H,5-8,10H2,1H3,(H,20,21,22). The summed E-state index contributed by atoms with van der Waals surface area (Å²) in [7, 11) is 0. The predicted molar refractivity (Wildman–Crippen MR) is 96.0 cm³/mol. The first kappa shape index (κ1) is 16.3. The number of aryl methyl sites for hydroxylation is 1. The van der Waals surface area contributed by atoms with Crippen molar-refractivity contribution in [3.05, 3.63) is 46.9 Å². The minimum absolute atomic E-state index is 0.0501. The minimum Gasteiger partial charge on any atom is -0.381 e. The van der Waals surface area contributed by atoms with Gasteiger partial charge in [-0.3, -0.25) is 0 Å². The van der Waals surface area contributed by atoms with Crippen molar-refractivity contribution in [2.75, 3.05) is 25.1 Å². The smallest absolute Gasteiger partial charge is 0.263 e. The Hall–Kier alpha value is -2.18. The van der Waals surface area contributed by atoms with E-state index in [1.54, 1.807) is 0 Å². The number of ether oxygens (including phenoxy) is 1. The van der Waals surface area contributed by atoms with E-state index in [-0.39, 0.29) is 5.41 Å². The fraction of sp³-hybridized carbons (Fsp3) is 0.389. The lowest BCUT2D eigenvalue weighted by molar-refractivity contribution is 0.0544. The lowest BCUT2D eigenvalue weighted by Crippen LogP contribution is -2.40. The third-order valence-corrected chi connectivity index (χ3v) is 5.16. The van der Waals surface area contributed by atoms with E-state index in [0.717, 1.165) is 54.5 Å². The molecule has 3 heterocycles. The van der Waals surface area contributed by atoms with Crippen LogP contribution in [0, 0.1) is 6.92 Å². The molecule has 1 aliphatic rings. The van der Waals surface area contributed by atoms with Gasteiger partial charge < -0.3 is 14.6 Å². The van der Waals surface area contributed by atoms with Gasteiger partial charge in [0.25, 0.3) is 5.71 Å². The summed E-state index contributed by atoms with van der Waals surface area (Å²) in [5, 5.41) is 9.06. The van der Waals surface area contributed by atoms with Crippen LogP contribution in [0.25, 0.3) is 11.1 Å². The first-order valence-electron chi connectivity index (χ1n) is 8.33. The number of nitrogens with zero attached hydrogens (tertiary/aromatic N) is 3. The first-order chi connectivity index (χ1) is 12.2. The molecule has 1 fully saturated rings. The summed E-state index contributed by atoms with van der Waals surface area (Å²) in [5.74, 6) is 0.747. The molecule has 1 aromatic carbocycles. The SMILES string of the molecule is Cc1noc2ncnc(NCC3(c4cccc(Cl)c4)CCOCC3)c12. The predicted octanol–water partition coefficient (Wildman–Crippen LogP) is 3.74. The fourth-order valence-corrected chi connectivity index (χ4v) is 3.65. The number of hydrogen-bond donors (Lipinski definition) is 1. The van der Waals surface area contributed by atoms with Crippen LogP contribution >= 0.6 is 11.6 Å². The maximum atomic E-state index is 6.23. The van der Waals surface area contributed by atoms with Crippen LogP contribution in [0.2, 0.25) is 5.02 Å². The molecule has 0 saturated carbocycles. The Labute approximate surface area is 150 Å². The largest absolute Gasteiger partial charge is 0.381 e. The molecule has 0 amide bonds. The van der Waals surface area contributed by atoms with Crippen LogP contribution in [0.3, 0.4) is 0 Å². The van der Waals surface area contributed by atoms with Gasteiger partial charge in [-0.05, 0) is 37.5 Å². The molecule has 0 bridgehead atoms. The zero-order valence-corrected chi connectivity index (χ0v) is 14.7. The molecular weight excluding hydrogens is 340 g/mol. The first-order valence-corrected chi connectivity index (χ1v) is 8.70. The molecule has 1 N–H and O–H groups in total. The van der Waals surface area contributed by atoms with Crippen molar-refractivity contribution in [1.29, 1.82) is 0 Å². The molecule has 130 valence electrons. The lowest BCUT2D eigenvalue weighted by atomic mass is 9.74. The summed E-state index contributed by atoms with van der Waals surface area (Å²) < 4.78 is 10.8. The highest BCUT2D eigenvalue weighted by atomic mass is 35.5. The molecular formula is C18H19ClN4O2. The Morgan fingerprint density at radius 3 is 2.88 bits per heavy atom. The summed E-state index contributed by atoms with van der Waals surface area (Å²) >= 11 is 6.23. The second-order valence-corrected chi connectivity index (χ2v) is 6.86. The van der Waals surface area contributed by atoms with Crippen molar-refractivity contribution < 1.29 is 9.26 Å². The number of fused-ring (bicyclic) bond motifs is 1. The van der Waals surface area contributed by atoms with Gasteiger partial charge in [0, 0.05) is 30.2 Å². The molecule has 25 heavy (non-hydrogen) atoms. The number of rotatable bonds is 4. The number of aromatic nitrogens is 3. The summed E-state index contributed by atoms with van der Waals surface area (Å²) in [6, 6.07) is 8.09. The van der Waals surface area contributed by atoms with Crippen molar-refractivity contribution in [3.8, 4) is 0 Å². The van der Waals surface area contributed by atoms with Crippen molar-refractivity contribution in [2.45, 2.75) is 25.2 Å². The van der Waals surface area contributed by atoms with E-state index >= 15 is 0 Å². The number of hydrogen-bond acceptors (Lipinski definition) is 6. The molecule has 2 aromatic heterocycles. The second kappa shape index (κ2) is 6.61. The Morgan fingerprint density at radius 2 is 2.08 bits per heavy atom. The number of anilines is 1. The summed E-state index contributed by atoms with van der Waals surface area (Å²) in [6.07, 6.45) is 3.35. The van der Waals surface area contributed by atoms with Crippen molar-refractivity contribution in [2.24, 2.45) is 0 Å². The molecule has 3 aromatic rings. The monoisotopic (exact) mass is 358 g/mol. The third-order valence-electron chi connectivity index (χ3n) is 4.92. The molecule has 0 spiro atoms. The molecule has 6 nitrogen and oxygen atoms in total. The van der Waals surface area contributed by atoms with Crippen LogP contribution in [0.1, 0.15) is 24.1 Å². The second-order valence-electron chi connectivity index (χ2n) is 6.43. The van der Waals surface area contributed by atoms with E-state index in [9.17, 15) is 0 Å². The molecule has 4 rings (SSSR count). The maximum Gasteiger partial charge on any atom is 0.263 e. The summed E-state index contributed by atoms with van der Waals surface area (Å²) in [5.41, 5.74) is 2.45. The number of halogens is 1. The van der Waals surface area contributed by atoms with Crippen molar-refractivity contribution >= 4 is 28.5 Å². The number of benzene rings is 1. The van der Waals surface area contributed by atoms with Gasteiger partial charge in [0.2, 0.25) is 0 Å². The summed E-state index contributed by atoms with van der Waals surface area (Å²) in [4.78, 5) is 8.51. The van der Waals surface area contributed by atoms with Crippen LogP contribution in [-0.2, 0) is 10.2 Å². The van der Waals surface area contributed by atoms with Crippen molar-refractivity contribution in [1.82, 2.24) is 15.1 Å². The van der Waals surface area contributed by atoms with E-state index in [1.165, 1.54) is 11.9 Å². The van der Waals surface area contributed by atoms with E-state index in [0.29, 0.717) is 5.71 Å². The molecule has 7 heteroatoms. The number of nitrogens with one attached hydrogen (secondary N) is 1. The molecule has 0 atom stereocenters. The molecule has 0 aliphatic carbocycles. The van der Waals surface area contributed by atoms with Gasteiger partial charge in [-0.1, -0.05) is 28.9 Å². The van der Waals surface area contributed by atoms with Gasteiger partial charge >= 0.3 is 0 Å². The Bertz CT molecular complexity index is 890. The molecule has 1 saturated heterocycles. The average Bonchev–Trinajstić information content (AvgIpc) is 3.03. The van der Waals surface area contributed by atoms with Crippen LogP contribution < -0.4 is 5.32 Å². The molecule has 0 unspecified atom stereocenters. The van der Waals surface area contributed by atoms with Gasteiger partial charge in [-0.25, -0.2) is 4.98 Å². The summed E-state index contributed by atoms with van der Waals surface area (Å²) in [6.45, 7) is 4.09. The van der Waals surface area contributed by atoms with E-state index in [2.05, 4.69) is 32.6 Å². The molecule has 0 radical (unpaired) electrons. The van der Waals surface area contributed by atoms with Crippen LogP contribution in [-0.4, -0.2) is 34.9 Å². The van der Waals surface area contributed by atoms with Crippen LogP contribution in [0.15, 0.2) is 35.1 Å². The van der Waals surface area contributed by atoms with Gasteiger partial charge in [0.1, 0.15) is 17.5 Å². The van der Waals surface area contributed by atoms with Gasteiger partial charge in [-0.15, -0.1) is 0 Å². The quantitative estimate of drug-likeness (QED) is 0.765. The highest BCUT2D eigenvalue weighted by Crippen LogP contribution is 2.36. The third kappa shape index (κ3) is 3.07. The van der Waals surface area contributed by atoms with Crippen LogP contribution in [0.5, 0.6) is 0 Å². The normalized spacial score (nSPS) is 16.9. The fourth-order valence-electron chi connectivity index (χ4n) is 3.46. The van der Waals surface area contributed by atoms with Gasteiger partial charge in [-0.2, -0.15) is 4.98 Å². The maximum absolute atomic E-state index is 6.23. The zero-order valence-electron chi connectivity index (χ0n) is 14.0. The topological polar surface area (TPSA) is 73.1 Å². The highest BCUT2D eigenvalue weighted by Gasteiger charge is 2.35. The van der Waals surface area contributed by atoms with Gasteiger partial charge in [0.05, 0.1) is 5.69 Å². The minimum atomic E-state index is -0.0501. The lowest BCUT2D eigenvalue weighted by Gasteiger charge is -2.38. The van der Waals surface area contributed by atoms with Crippen molar-refractivity contribution in [3.63, 3.8) is 0 Å². The Morgan fingerprint density at radius 1 is 1.24 bits per heavy atom. The average molecular weight is 359 g/mol. The Kier molecular flexibility index (Phi) is 4.31. The molecule has 1 aliphatic heterocycles. The van der Waals surface area contributed by atoms with E-state index in [4.69, 9.17) is 20.9 Å².